The molecule has 0 aromatic heterocycles. The molecule has 5 heteroatoms. The Morgan fingerprint density at radius 2 is 2.16 bits per heavy atom. The highest BCUT2D eigenvalue weighted by Crippen LogP contribution is 2.22. The molecule has 0 spiro atoms. The Morgan fingerprint density at radius 3 is 2.79 bits per heavy atom. The van der Waals surface area contributed by atoms with Crippen LogP contribution >= 0.6 is 11.6 Å². The molecule has 0 heterocycles. The third kappa shape index (κ3) is 5.47. The monoisotopic (exact) mass is 286 g/mol. The summed E-state index contributed by atoms with van der Waals surface area (Å²) in [6.07, 6.45) is 3.20. The van der Waals surface area contributed by atoms with Crippen molar-refractivity contribution in [3.63, 3.8) is 0 Å². The predicted molar refractivity (Wildman–Crippen MR) is 77.0 cm³/mol. The molecular formula is C14H20ClFN2O. The normalized spacial score (nSPS) is 12.0. The summed E-state index contributed by atoms with van der Waals surface area (Å²) >= 11 is 5.89. The quantitative estimate of drug-likeness (QED) is 0.752. The first kappa shape index (κ1) is 15.8. The van der Waals surface area contributed by atoms with Crippen molar-refractivity contribution in [2.45, 2.75) is 39.2 Å². The van der Waals surface area contributed by atoms with Gasteiger partial charge in [-0.15, -0.1) is 0 Å². The van der Waals surface area contributed by atoms with Crippen LogP contribution in [0.15, 0.2) is 18.2 Å². The minimum absolute atomic E-state index is 0.0866. The number of carbonyl (C=O) groups excluding carboxylic acids is 1. The summed E-state index contributed by atoms with van der Waals surface area (Å²) in [5, 5.41) is 6.09. The van der Waals surface area contributed by atoms with Crippen LogP contribution in [-0.4, -0.2) is 18.5 Å². The fraction of sp³-hybridized carbons (Fsp3) is 0.500. The van der Waals surface area contributed by atoms with E-state index in [0.29, 0.717) is 12.2 Å². The number of anilines is 1. The Bertz CT molecular complexity index is 426. The van der Waals surface area contributed by atoms with Crippen LogP contribution < -0.4 is 10.6 Å². The van der Waals surface area contributed by atoms with E-state index in [-0.39, 0.29) is 10.9 Å². The molecule has 0 aliphatic heterocycles. The first-order valence-corrected chi connectivity index (χ1v) is 6.91. The van der Waals surface area contributed by atoms with Gasteiger partial charge in [-0.1, -0.05) is 31.4 Å². The highest BCUT2D eigenvalue weighted by molar-refractivity contribution is 6.33. The zero-order chi connectivity index (χ0) is 14.3. The van der Waals surface area contributed by atoms with Gasteiger partial charge in [0.05, 0.1) is 10.7 Å². The molecule has 0 bridgehead atoms. The molecule has 1 amide bonds. The average molecular weight is 287 g/mol. The number of benzene rings is 1. The standard InChI is InChI=1S/C14H20ClFN2O/c1-3-4-5-8-17-14(19)10(2)18-13-7-6-11(16)9-12(13)15/h6-7,9-10,18H,3-5,8H2,1-2H3,(H,17,19). The molecule has 1 aromatic rings. The molecular weight excluding hydrogens is 267 g/mol. The number of carbonyl (C=O) groups is 1. The van der Waals surface area contributed by atoms with E-state index in [1.54, 1.807) is 6.92 Å². The van der Waals surface area contributed by atoms with Crippen LogP contribution in [0.4, 0.5) is 10.1 Å². The summed E-state index contributed by atoms with van der Waals surface area (Å²) in [4.78, 5) is 11.8. The Hall–Kier alpha value is -1.29. The lowest BCUT2D eigenvalue weighted by molar-refractivity contribution is -0.121. The number of nitrogens with one attached hydrogen (secondary N) is 2. The minimum Gasteiger partial charge on any atom is -0.373 e. The SMILES string of the molecule is CCCCCNC(=O)C(C)Nc1ccc(F)cc1Cl. The van der Waals surface area contributed by atoms with E-state index in [1.807, 2.05) is 0 Å². The molecule has 106 valence electrons. The molecule has 3 nitrogen and oxygen atoms in total. The topological polar surface area (TPSA) is 41.1 Å². The first-order chi connectivity index (χ1) is 9.04. The highest BCUT2D eigenvalue weighted by atomic mass is 35.5. The molecule has 1 rings (SSSR count). The van der Waals surface area contributed by atoms with Gasteiger partial charge in [0.1, 0.15) is 11.9 Å². The molecule has 0 fully saturated rings. The fourth-order valence-electron chi connectivity index (χ4n) is 1.65. The van der Waals surface area contributed by atoms with E-state index in [4.69, 9.17) is 11.6 Å². The van der Waals surface area contributed by atoms with Gasteiger partial charge < -0.3 is 10.6 Å². The summed E-state index contributed by atoms with van der Waals surface area (Å²) < 4.78 is 12.9. The van der Waals surface area contributed by atoms with Gasteiger partial charge in [0.25, 0.3) is 0 Å². The zero-order valence-electron chi connectivity index (χ0n) is 11.3. The number of unbranched alkanes of at least 4 members (excludes halogenated alkanes) is 2. The molecule has 1 aromatic carbocycles. The highest BCUT2D eigenvalue weighted by Gasteiger charge is 2.13. The van der Waals surface area contributed by atoms with E-state index in [2.05, 4.69) is 17.6 Å². The fourth-order valence-corrected chi connectivity index (χ4v) is 1.87. The van der Waals surface area contributed by atoms with Gasteiger partial charge in [-0.05, 0) is 31.5 Å². The Balaban J connectivity index is 2.45. The van der Waals surface area contributed by atoms with Crippen LogP contribution in [0.1, 0.15) is 33.1 Å². The van der Waals surface area contributed by atoms with Crippen molar-refractivity contribution >= 4 is 23.2 Å². The van der Waals surface area contributed by atoms with Crippen LogP contribution in [0.25, 0.3) is 0 Å². The second-order valence-corrected chi connectivity index (χ2v) is 4.90. The van der Waals surface area contributed by atoms with Crippen molar-refractivity contribution in [3.8, 4) is 0 Å². The predicted octanol–water partition coefficient (Wildman–Crippen LogP) is 3.59. The largest absolute Gasteiger partial charge is 0.373 e. The van der Waals surface area contributed by atoms with E-state index >= 15 is 0 Å². The molecule has 0 radical (unpaired) electrons. The van der Waals surface area contributed by atoms with Crippen molar-refractivity contribution in [2.75, 3.05) is 11.9 Å². The number of hydrogen-bond acceptors (Lipinski definition) is 2. The van der Waals surface area contributed by atoms with Crippen LogP contribution in [0, 0.1) is 5.82 Å². The van der Waals surface area contributed by atoms with Gasteiger partial charge in [0.15, 0.2) is 0 Å². The maximum atomic E-state index is 12.9. The molecule has 0 saturated heterocycles. The summed E-state index contributed by atoms with van der Waals surface area (Å²) in [7, 11) is 0. The molecule has 0 aliphatic carbocycles. The zero-order valence-corrected chi connectivity index (χ0v) is 12.1. The van der Waals surface area contributed by atoms with Gasteiger partial charge in [0, 0.05) is 6.54 Å². The summed E-state index contributed by atoms with van der Waals surface area (Å²) in [5.74, 6) is -0.483. The number of amides is 1. The summed E-state index contributed by atoms with van der Waals surface area (Å²) in [6, 6.07) is 3.64. The smallest absolute Gasteiger partial charge is 0.242 e. The Labute approximate surface area is 118 Å². The second-order valence-electron chi connectivity index (χ2n) is 4.49. The average Bonchev–Trinajstić information content (AvgIpc) is 2.37. The molecule has 1 unspecified atom stereocenters. The Kier molecular flexibility index (Phi) is 6.64. The maximum Gasteiger partial charge on any atom is 0.242 e. The van der Waals surface area contributed by atoms with Crippen molar-refractivity contribution in [1.82, 2.24) is 5.32 Å². The lowest BCUT2D eigenvalue weighted by atomic mass is 10.2. The van der Waals surface area contributed by atoms with Crippen molar-refractivity contribution in [1.29, 1.82) is 0 Å². The van der Waals surface area contributed by atoms with E-state index in [1.165, 1.54) is 18.2 Å². The van der Waals surface area contributed by atoms with Gasteiger partial charge >= 0.3 is 0 Å². The van der Waals surface area contributed by atoms with Gasteiger partial charge in [-0.3, -0.25) is 4.79 Å². The lowest BCUT2D eigenvalue weighted by Crippen LogP contribution is -2.38. The number of rotatable bonds is 7. The van der Waals surface area contributed by atoms with Gasteiger partial charge in [-0.2, -0.15) is 0 Å². The third-order valence-electron chi connectivity index (χ3n) is 2.78. The number of hydrogen-bond donors (Lipinski definition) is 2. The molecule has 2 N–H and O–H groups in total. The summed E-state index contributed by atoms with van der Waals surface area (Å²) in [6.45, 7) is 4.53. The van der Waals surface area contributed by atoms with Gasteiger partial charge in [-0.25, -0.2) is 4.39 Å². The first-order valence-electron chi connectivity index (χ1n) is 6.54. The number of halogens is 2. The maximum absolute atomic E-state index is 12.9. The molecule has 19 heavy (non-hydrogen) atoms. The van der Waals surface area contributed by atoms with Crippen LogP contribution in [0.3, 0.4) is 0 Å². The van der Waals surface area contributed by atoms with E-state index in [9.17, 15) is 9.18 Å². The molecule has 1 atom stereocenters. The molecule has 0 saturated carbocycles. The Morgan fingerprint density at radius 1 is 1.42 bits per heavy atom. The third-order valence-corrected chi connectivity index (χ3v) is 3.09. The summed E-state index contributed by atoms with van der Waals surface area (Å²) in [5.41, 5.74) is 0.555. The molecule has 0 aliphatic rings. The minimum atomic E-state index is -0.412. The van der Waals surface area contributed by atoms with E-state index in [0.717, 1.165) is 19.3 Å². The lowest BCUT2D eigenvalue weighted by Gasteiger charge is -2.16. The van der Waals surface area contributed by atoms with Gasteiger partial charge in [0.2, 0.25) is 5.91 Å². The second kappa shape index (κ2) is 8.00. The van der Waals surface area contributed by atoms with Crippen molar-refractivity contribution < 1.29 is 9.18 Å². The van der Waals surface area contributed by atoms with Crippen molar-refractivity contribution in [3.05, 3.63) is 29.0 Å². The van der Waals surface area contributed by atoms with E-state index < -0.39 is 11.9 Å². The van der Waals surface area contributed by atoms with Crippen LogP contribution in [0.2, 0.25) is 5.02 Å². The van der Waals surface area contributed by atoms with Crippen LogP contribution in [-0.2, 0) is 4.79 Å². The van der Waals surface area contributed by atoms with Crippen molar-refractivity contribution in [2.24, 2.45) is 0 Å². The van der Waals surface area contributed by atoms with Crippen LogP contribution in [0.5, 0.6) is 0 Å².